The van der Waals surface area contributed by atoms with E-state index >= 15 is 0 Å². The molecule has 3 aromatic rings. The van der Waals surface area contributed by atoms with E-state index in [1.807, 2.05) is 24.3 Å². The number of nitrogens with zero attached hydrogens (tertiary/aromatic N) is 2. The van der Waals surface area contributed by atoms with Crippen LogP contribution in [0.3, 0.4) is 0 Å². The van der Waals surface area contributed by atoms with Crippen molar-refractivity contribution in [3.05, 3.63) is 64.4 Å². The molecule has 0 saturated carbocycles. The fourth-order valence-electron chi connectivity index (χ4n) is 2.33. The predicted molar refractivity (Wildman–Crippen MR) is 107 cm³/mol. The van der Waals surface area contributed by atoms with Gasteiger partial charge in [0.05, 0.1) is 12.8 Å². The molecule has 1 aromatic heterocycles. The first-order valence-electron chi connectivity index (χ1n) is 7.76. The van der Waals surface area contributed by atoms with Crippen molar-refractivity contribution < 1.29 is 4.74 Å². The quantitative estimate of drug-likeness (QED) is 0.564. The summed E-state index contributed by atoms with van der Waals surface area (Å²) in [7, 11) is 1.58. The molecule has 0 unspecified atom stereocenters. The standard InChI is InChI=1S/C18H17Cl2N5O/c1-26-15-7-6-13(20)8-14(15)25-18-16(21)17(23-10-24-18)22-9-11-2-4-12(19)5-3-11/h2-8,10H,9,21H2,1H3,(H2,22,23,24,25). The summed E-state index contributed by atoms with van der Waals surface area (Å²) in [5.74, 6) is 1.61. The maximum Gasteiger partial charge on any atom is 0.159 e. The molecule has 0 atom stereocenters. The Morgan fingerprint density at radius 3 is 2.42 bits per heavy atom. The van der Waals surface area contributed by atoms with Crippen molar-refractivity contribution in [1.82, 2.24) is 9.97 Å². The van der Waals surface area contributed by atoms with Gasteiger partial charge in [0.15, 0.2) is 11.6 Å². The van der Waals surface area contributed by atoms with Crippen molar-refractivity contribution in [2.24, 2.45) is 0 Å². The highest BCUT2D eigenvalue weighted by atomic mass is 35.5. The minimum atomic E-state index is 0.392. The molecule has 0 aliphatic heterocycles. The van der Waals surface area contributed by atoms with Crippen molar-refractivity contribution in [1.29, 1.82) is 0 Å². The third-order valence-corrected chi connectivity index (χ3v) is 4.16. The lowest BCUT2D eigenvalue weighted by atomic mass is 10.2. The molecule has 0 radical (unpaired) electrons. The highest BCUT2D eigenvalue weighted by Gasteiger charge is 2.11. The van der Waals surface area contributed by atoms with Crippen LogP contribution < -0.4 is 21.1 Å². The molecular weight excluding hydrogens is 373 g/mol. The fraction of sp³-hybridized carbons (Fsp3) is 0.111. The summed E-state index contributed by atoms with van der Waals surface area (Å²) in [4.78, 5) is 8.41. The molecule has 3 rings (SSSR count). The Morgan fingerprint density at radius 2 is 1.69 bits per heavy atom. The van der Waals surface area contributed by atoms with Crippen molar-refractivity contribution >= 4 is 46.2 Å². The highest BCUT2D eigenvalue weighted by molar-refractivity contribution is 6.31. The summed E-state index contributed by atoms with van der Waals surface area (Å²) in [6, 6.07) is 12.8. The lowest BCUT2D eigenvalue weighted by molar-refractivity contribution is 0.417. The van der Waals surface area contributed by atoms with Crippen LogP contribution in [0.2, 0.25) is 10.0 Å². The van der Waals surface area contributed by atoms with Crippen LogP contribution in [0.4, 0.5) is 23.0 Å². The zero-order chi connectivity index (χ0) is 18.5. The molecule has 2 aromatic carbocycles. The van der Waals surface area contributed by atoms with E-state index in [0.717, 1.165) is 5.56 Å². The summed E-state index contributed by atoms with van der Waals surface area (Å²) in [6.07, 6.45) is 1.43. The number of ether oxygens (including phenoxy) is 1. The second kappa shape index (κ2) is 8.12. The Morgan fingerprint density at radius 1 is 1.00 bits per heavy atom. The van der Waals surface area contributed by atoms with Crippen LogP contribution in [0.15, 0.2) is 48.8 Å². The van der Waals surface area contributed by atoms with E-state index in [1.165, 1.54) is 6.33 Å². The van der Waals surface area contributed by atoms with Gasteiger partial charge in [-0.25, -0.2) is 9.97 Å². The molecule has 6 nitrogen and oxygen atoms in total. The van der Waals surface area contributed by atoms with E-state index in [-0.39, 0.29) is 0 Å². The fourth-order valence-corrected chi connectivity index (χ4v) is 2.63. The van der Waals surface area contributed by atoms with Crippen molar-refractivity contribution in [3.63, 3.8) is 0 Å². The first kappa shape index (κ1) is 18.1. The lowest BCUT2D eigenvalue weighted by Gasteiger charge is -2.14. The Kier molecular flexibility index (Phi) is 5.65. The Hall–Kier alpha value is -2.70. The van der Waals surface area contributed by atoms with E-state index in [0.29, 0.717) is 45.4 Å². The zero-order valence-electron chi connectivity index (χ0n) is 14.0. The number of aromatic nitrogens is 2. The van der Waals surface area contributed by atoms with E-state index in [4.69, 9.17) is 33.7 Å². The molecule has 1 heterocycles. The van der Waals surface area contributed by atoms with Gasteiger partial charge in [0.25, 0.3) is 0 Å². The number of hydrogen-bond acceptors (Lipinski definition) is 6. The number of anilines is 4. The maximum absolute atomic E-state index is 6.20. The van der Waals surface area contributed by atoms with Crippen LogP contribution in [-0.2, 0) is 6.54 Å². The molecule has 0 saturated heterocycles. The molecular formula is C18H17Cl2N5O. The second-order valence-corrected chi connectivity index (χ2v) is 6.31. The monoisotopic (exact) mass is 389 g/mol. The van der Waals surface area contributed by atoms with Crippen LogP contribution in [0.1, 0.15) is 5.56 Å². The first-order valence-corrected chi connectivity index (χ1v) is 8.52. The van der Waals surface area contributed by atoms with Gasteiger partial charge in [0.2, 0.25) is 0 Å². The van der Waals surface area contributed by atoms with Gasteiger partial charge in [0.1, 0.15) is 17.8 Å². The summed E-state index contributed by atoms with van der Waals surface area (Å²) in [5.41, 5.74) is 8.31. The van der Waals surface area contributed by atoms with Gasteiger partial charge in [-0.2, -0.15) is 0 Å². The number of nitrogens with one attached hydrogen (secondary N) is 2. The van der Waals surface area contributed by atoms with Gasteiger partial charge in [-0.05, 0) is 35.9 Å². The van der Waals surface area contributed by atoms with Gasteiger partial charge in [-0.3, -0.25) is 0 Å². The van der Waals surface area contributed by atoms with Gasteiger partial charge in [0, 0.05) is 16.6 Å². The predicted octanol–water partition coefficient (Wildman–Crippen LogP) is 4.73. The SMILES string of the molecule is COc1ccc(Cl)cc1Nc1ncnc(NCc2ccc(Cl)cc2)c1N. The summed E-state index contributed by atoms with van der Waals surface area (Å²) < 4.78 is 5.33. The number of nitrogen functional groups attached to an aromatic ring is 1. The number of rotatable bonds is 6. The van der Waals surface area contributed by atoms with Gasteiger partial charge in [-0.1, -0.05) is 35.3 Å². The van der Waals surface area contributed by atoms with Crippen LogP contribution in [0, 0.1) is 0 Å². The average Bonchev–Trinajstić information content (AvgIpc) is 2.64. The summed E-state index contributed by atoms with van der Waals surface area (Å²) in [5, 5.41) is 7.60. The third kappa shape index (κ3) is 4.28. The number of benzene rings is 2. The van der Waals surface area contributed by atoms with Crippen LogP contribution in [0.5, 0.6) is 5.75 Å². The van der Waals surface area contributed by atoms with Crippen LogP contribution >= 0.6 is 23.2 Å². The first-order chi connectivity index (χ1) is 12.6. The largest absolute Gasteiger partial charge is 0.495 e. The molecule has 8 heteroatoms. The average molecular weight is 390 g/mol. The Labute approximate surface area is 161 Å². The molecule has 26 heavy (non-hydrogen) atoms. The number of methoxy groups -OCH3 is 1. The number of halogens is 2. The van der Waals surface area contributed by atoms with Gasteiger partial charge >= 0.3 is 0 Å². The van der Waals surface area contributed by atoms with E-state index in [1.54, 1.807) is 25.3 Å². The molecule has 0 aliphatic carbocycles. The molecule has 134 valence electrons. The van der Waals surface area contributed by atoms with Crippen molar-refractivity contribution in [2.75, 3.05) is 23.5 Å². The smallest absolute Gasteiger partial charge is 0.159 e. The lowest BCUT2D eigenvalue weighted by Crippen LogP contribution is -2.08. The van der Waals surface area contributed by atoms with E-state index in [9.17, 15) is 0 Å². The van der Waals surface area contributed by atoms with Crippen LogP contribution in [0.25, 0.3) is 0 Å². The van der Waals surface area contributed by atoms with Crippen LogP contribution in [-0.4, -0.2) is 17.1 Å². The maximum atomic E-state index is 6.20. The van der Waals surface area contributed by atoms with Crippen molar-refractivity contribution in [3.8, 4) is 5.75 Å². The minimum absolute atomic E-state index is 0.392. The molecule has 0 spiro atoms. The molecule has 0 amide bonds. The Bertz CT molecular complexity index is 903. The number of nitrogens with two attached hydrogens (primary N) is 1. The molecule has 4 N–H and O–H groups in total. The zero-order valence-corrected chi connectivity index (χ0v) is 15.5. The topological polar surface area (TPSA) is 85.1 Å². The molecule has 0 fully saturated rings. The molecule has 0 bridgehead atoms. The Balaban J connectivity index is 1.79. The third-order valence-electron chi connectivity index (χ3n) is 3.67. The minimum Gasteiger partial charge on any atom is -0.495 e. The highest BCUT2D eigenvalue weighted by Crippen LogP contribution is 2.33. The van der Waals surface area contributed by atoms with E-state index < -0.39 is 0 Å². The van der Waals surface area contributed by atoms with E-state index in [2.05, 4.69) is 20.6 Å². The summed E-state index contributed by atoms with van der Waals surface area (Å²) >= 11 is 12.0. The van der Waals surface area contributed by atoms with Crippen molar-refractivity contribution in [2.45, 2.75) is 6.54 Å². The molecule has 0 aliphatic rings. The van der Waals surface area contributed by atoms with Gasteiger partial charge < -0.3 is 21.1 Å². The number of hydrogen-bond donors (Lipinski definition) is 3. The van der Waals surface area contributed by atoms with Gasteiger partial charge in [-0.15, -0.1) is 0 Å². The second-order valence-electron chi connectivity index (χ2n) is 5.43. The summed E-state index contributed by atoms with van der Waals surface area (Å²) in [6.45, 7) is 0.554. The normalized spacial score (nSPS) is 10.4.